The van der Waals surface area contributed by atoms with E-state index in [1.165, 1.54) is 19.0 Å². The Hall–Kier alpha value is -2.46. The lowest BCUT2D eigenvalue weighted by Crippen LogP contribution is -2.37. The van der Waals surface area contributed by atoms with Crippen molar-refractivity contribution in [1.82, 2.24) is 25.1 Å². The van der Waals surface area contributed by atoms with Crippen LogP contribution in [0.3, 0.4) is 0 Å². The van der Waals surface area contributed by atoms with Crippen LogP contribution in [0, 0.1) is 24.1 Å². The molecule has 0 atom stereocenters. The third-order valence-corrected chi connectivity index (χ3v) is 6.23. The van der Waals surface area contributed by atoms with Crippen LogP contribution in [0.25, 0.3) is 11.3 Å². The quantitative estimate of drug-likeness (QED) is 0.487. The number of halogens is 1. The van der Waals surface area contributed by atoms with Crippen molar-refractivity contribution in [2.45, 2.75) is 69.9 Å². The van der Waals surface area contributed by atoms with E-state index in [-0.39, 0.29) is 0 Å². The molecule has 0 radical (unpaired) electrons. The third kappa shape index (κ3) is 5.17. The molecule has 30 heavy (non-hydrogen) atoms. The van der Waals surface area contributed by atoms with E-state index >= 15 is 0 Å². The summed E-state index contributed by atoms with van der Waals surface area (Å²) in [6.45, 7) is 0.978. The lowest BCUT2D eigenvalue weighted by Gasteiger charge is -2.29. The predicted molar refractivity (Wildman–Crippen MR) is 116 cm³/mol. The summed E-state index contributed by atoms with van der Waals surface area (Å²) in [6.07, 6.45) is 17.9. The van der Waals surface area contributed by atoms with Gasteiger partial charge in [0.1, 0.15) is 5.69 Å². The van der Waals surface area contributed by atoms with Crippen molar-refractivity contribution in [3.63, 3.8) is 0 Å². The van der Waals surface area contributed by atoms with Crippen molar-refractivity contribution < 1.29 is 4.39 Å². The van der Waals surface area contributed by atoms with Gasteiger partial charge in [0.15, 0.2) is 5.82 Å². The maximum atomic E-state index is 14.6. The van der Waals surface area contributed by atoms with Crippen LogP contribution < -0.4 is 10.6 Å². The average Bonchev–Trinajstić information content (AvgIpc) is 3.50. The average molecular weight is 411 g/mol. The van der Waals surface area contributed by atoms with Gasteiger partial charge in [-0.3, -0.25) is 4.68 Å². The lowest BCUT2D eigenvalue weighted by molar-refractivity contribution is 0.353. The molecule has 7 heteroatoms. The van der Waals surface area contributed by atoms with Crippen LogP contribution in [-0.2, 0) is 13.5 Å². The summed E-state index contributed by atoms with van der Waals surface area (Å²) in [5, 5.41) is 11.4. The van der Waals surface area contributed by atoms with E-state index in [0.29, 0.717) is 29.6 Å². The molecular formula is C23H31FN6. The summed E-state index contributed by atoms with van der Waals surface area (Å²) >= 11 is 0. The van der Waals surface area contributed by atoms with Crippen molar-refractivity contribution in [2.24, 2.45) is 13.0 Å². The number of anilines is 1. The number of aromatic nitrogens is 4. The molecule has 2 aromatic rings. The number of hydrogen-bond donors (Lipinski definition) is 2. The highest BCUT2D eigenvalue weighted by Gasteiger charge is 2.27. The normalized spacial score (nSPS) is 21.4. The Morgan fingerprint density at radius 1 is 1.17 bits per heavy atom. The molecule has 4 rings (SSSR count). The van der Waals surface area contributed by atoms with Gasteiger partial charge in [-0.2, -0.15) is 5.10 Å². The van der Waals surface area contributed by atoms with Gasteiger partial charge < -0.3 is 10.6 Å². The summed E-state index contributed by atoms with van der Waals surface area (Å²) in [6, 6.07) is 0.859. The summed E-state index contributed by atoms with van der Waals surface area (Å²) in [5.41, 5.74) is 2.19. The first-order valence-corrected chi connectivity index (χ1v) is 11.1. The zero-order valence-electron chi connectivity index (χ0n) is 17.7. The number of aryl methyl sites for hydroxylation is 1. The van der Waals surface area contributed by atoms with Gasteiger partial charge in [-0.1, -0.05) is 0 Å². The van der Waals surface area contributed by atoms with Crippen LogP contribution >= 0.6 is 0 Å². The van der Waals surface area contributed by atoms with Crippen LogP contribution in [0.15, 0.2) is 12.4 Å². The summed E-state index contributed by atoms with van der Waals surface area (Å²) in [4.78, 5) is 8.74. The monoisotopic (exact) mass is 410 g/mol. The molecule has 0 aliphatic heterocycles. The van der Waals surface area contributed by atoms with Gasteiger partial charge in [-0.05, 0) is 63.8 Å². The Kier molecular flexibility index (Phi) is 6.63. The largest absolute Gasteiger partial charge is 0.351 e. The van der Waals surface area contributed by atoms with E-state index in [9.17, 15) is 4.39 Å². The molecule has 2 fully saturated rings. The van der Waals surface area contributed by atoms with E-state index in [2.05, 4.69) is 31.6 Å². The number of nitrogens with one attached hydrogen (secondary N) is 2. The third-order valence-electron chi connectivity index (χ3n) is 6.23. The number of rotatable bonds is 9. The lowest BCUT2D eigenvalue weighted by atomic mass is 9.91. The first-order valence-electron chi connectivity index (χ1n) is 11.1. The minimum atomic E-state index is -0.398. The molecule has 0 aromatic carbocycles. The zero-order valence-corrected chi connectivity index (χ0v) is 17.7. The van der Waals surface area contributed by atoms with E-state index in [1.807, 2.05) is 11.7 Å². The summed E-state index contributed by atoms with van der Waals surface area (Å²) in [7, 11) is 1.92. The molecular weight excluding hydrogens is 379 g/mol. The molecule has 2 saturated carbocycles. The van der Waals surface area contributed by atoms with Gasteiger partial charge in [-0.25, -0.2) is 14.4 Å². The molecule has 2 aliphatic rings. The Bertz CT molecular complexity index is 890. The number of hydrogen-bond acceptors (Lipinski definition) is 5. The summed E-state index contributed by atoms with van der Waals surface area (Å²) < 4.78 is 16.4. The highest BCUT2D eigenvalue weighted by Crippen LogP contribution is 2.36. The number of unbranched alkanes of at least 4 members (excludes halogenated alkanes) is 1. The molecule has 2 aliphatic carbocycles. The highest BCUT2D eigenvalue weighted by molar-refractivity contribution is 5.63. The molecule has 0 amide bonds. The first-order chi connectivity index (χ1) is 14.6. The zero-order chi connectivity index (χ0) is 20.9. The fraction of sp³-hybridized carbons (Fsp3) is 0.609. The Morgan fingerprint density at radius 3 is 2.67 bits per heavy atom. The van der Waals surface area contributed by atoms with Crippen molar-refractivity contribution in [3.05, 3.63) is 23.9 Å². The van der Waals surface area contributed by atoms with Gasteiger partial charge in [0.25, 0.3) is 0 Å². The molecule has 0 bridgehead atoms. The van der Waals surface area contributed by atoms with E-state index in [4.69, 9.17) is 6.42 Å². The highest BCUT2D eigenvalue weighted by atomic mass is 19.1. The number of nitrogens with zero attached hydrogens (tertiary/aromatic N) is 4. The maximum absolute atomic E-state index is 14.6. The molecule has 0 saturated heterocycles. The van der Waals surface area contributed by atoms with Gasteiger partial charge in [0, 0.05) is 36.8 Å². The minimum absolute atomic E-state index is 0.312. The van der Waals surface area contributed by atoms with Gasteiger partial charge in [0.05, 0.1) is 12.4 Å². The molecule has 160 valence electrons. The second-order valence-electron chi connectivity index (χ2n) is 8.62. The van der Waals surface area contributed by atoms with Crippen molar-refractivity contribution in [2.75, 3.05) is 11.9 Å². The molecule has 2 N–H and O–H groups in total. The Labute approximate surface area is 178 Å². The SMILES string of the molecule is C#CCCCNC1CCC(Nc2ncc(F)c(-c3cnn(C)c3CC3CC3)n2)CC1. The van der Waals surface area contributed by atoms with Crippen LogP contribution in [0.5, 0.6) is 0 Å². The number of terminal acetylenes is 1. The second kappa shape index (κ2) is 9.57. The second-order valence-corrected chi connectivity index (χ2v) is 8.62. The molecule has 0 unspecified atom stereocenters. The van der Waals surface area contributed by atoms with E-state index < -0.39 is 5.82 Å². The van der Waals surface area contributed by atoms with Crippen LogP contribution in [0.2, 0.25) is 0 Å². The fourth-order valence-electron chi connectivity index (χ4n) is 4.24. The summed E-state index contributed by atoms with van der Waals surface area (Å²) in [5.74, 6) is 3.47. The van der Waals surface area contributed by atoms with Crippen molar-refractivity contribution in [1.29, 1.82) is 0 Å². The minimum Gasteiger partial charge on any atom is -0.351 e. The predicted octanol–water partition coefficient (Wildman–Crippen LogP) is 3.69. The molecule has 6 nitrogen and oxygen atoms in total. The first kappa shape index (κ1) is 20.8. The van der Waals surface area contributed by atoms with Gasteiger partial charge in [0.2, 0.25) is 5.95 Å². The smallest absolute Gasteiger partial charge is 0.223 e. The van der Waals surface area contributed by atoms with Gasteiger partial charge >= 0.3 is 0 Å². The standard InChI is InChI=1S/C23H31FN6/c1-3-4-5-12-25-17-8-10-18(11-9-17)28-23-26-15-20(24)22(29-23)19-14-27-30(2)21(19)13-16-6-7-16/h1,14-18,25H,4-13H2,2H3,(H,26,28,29). The van der Waals surface area contributed by atoms with Crippen LogP contribution in [0.4, 0.5) is 10.3 Å². The Morgan fingerprint density at radius 2 is 1.93 bits per heavy atom. The molecule has 2 heterocycles. The van der Waals surface area contributed by atoms with Gasteiger partial charge in [-0.15, -0.1) is 12.3 Å². The molecule has 2 aromatic heterocycles. The van der Waals surface area contributed by atoms with Crippen molar-refractivity contribution in [3.8, 4) is 23.6 Å². The Balaban J connectivity index is 1.37. The van der Waals surface area contributed by atoms with E-state index in [0.717, 1.165) is 62.7 Å². The van der Waals surface area contributed by atoms with Crippen LogP contribution in [-0.4, -0.2) is 38.4 Å². The van der Waals surface area contributed by atoms with Crippen LogP contribution in [0.1, 0.15) is 57.1 Å². The topological polar surface area (TPSA) is 67.7 Å². The van der Waals surface area contributed by atoms with E-state index in [1.54, 1.807) is 6.20 Å². The van der Waals surface area contributed by atoms with Crippen molar-refractivity contribution >= 4 is 5.95 Å². The maximum Gasteiger partial charge on any atom is 0.223 e. The molecule has 0 spiro atoms. The fourth-order valence-corrected chi connectivity index (χ4v) is 4.24.